The van der Waals surface area contributed by atoms with Gasteiger partial charge in [0.15, 0.2) is 0 Å². The SMILES string of the molecule is Cn1nccc1C1CCCCN1C(=O)CCNC(=O)OC(C)(C)C. The Morgan fingerprint density at radius 1 is 1.38 bits per heavy atom. The molecule has 1 fully saturated rings. The summed E-state index contributed by atoms with van der Waals surface area (Å²) in [6.07, 6.45) is 4.61. The molecule has 7 heteroatoms. The van der Waals surface area contributed by atoms with Gasteiger partial charge in [0.2, 0.25) is 5.91 Å². The van der Waals surface area contributed by atoms with E-state index in [9.17, 15) is 9.59 Å². The van der Waals surface area contributed by atoms with Crippen LogP contribution in [0.5, 0.6) is 0 Å². The zero-order chi connectivity index (χ0) is 17.7. The molecule has 0 bridgehead atoms. The molecular weight excluding hydrogens is 308 g/mol. The number of amides is 2. The topological polar surface area (TPSA) is 76.5 Å². The summed E-state index contributed by atoms with van der Waals surface area (Å²) in [5, 5.41) is 6.85. The van der Waals surface area contributed by atoms with E-state index in [1.165, 1.54) is 0 Å². The van der Waals surface area contributed by atoms with E-state index in [0.717, 1.165) is 31.5 Å². The molecule has 7 nitrogen and oxygen atoms in total. The van der Waals surface area contributed by atoms with E-state index >= 15 is 0 Å². The third-order valence-electron chi connectivity index (χ3n) is 4.03. The first kappa shape index (κ1) is 18.3. The minimum absolute atomic E-state index is 0.0527. The minimum atomic E-state index is -0.536. The maximum Gasteiger partial charge on any atom is 0.407 e. The number of aryl methyl sites for hydroxylation is 1. The first-order valence-corrected chi connectivity index (χ1v) is 8.52. The van der Waals surface area contributed by atoms with Crippen LogP contribution in [-0.2, 0) is 16.6 Å². The van der Waals surface area contributed by atoms with E-state index in [0.29, 0.717) is 0 Å². The van der Waals surface area contributed by atoms with Crippen molar-refractivity contribution in [1.82, 2.24) is 20.0 Å². The lowest BCUT2D eigenvalue weighted by molar-refractivity contribution is -0.135. The van der Waals surface area contributed by atoms with Crippen molar-refractivity contribution in [1.29, 1.82) is 0 Å². The second kappa shape index (κ2) is 7.68. The Morgan fingerprint density at radius 2 is 2.12 bits per heavy atom. The molecule has 1 unspecified atom stereocenters. The maximum absolute atomic E-state index is 12.6. The molecule has 2 heterocycles. The van der Waals surface area contributed by atoms with E-state index < -0.39 is 11.7 Å². The number of nitrogens with one attached hydrogen (secondary N) is 1. The Labute approximate surface area is 143 Å². The van der Waals surface area contributed by atoms with Gasteiger partial charge in [0.05, 0.1) is 11.7 Å². The van der Waals surface area contributed by atoms with Gasteiger partial charge in [0.1, 0.15) is 5.60 Å². The third kappa shape index (κ3) is 4.97. The molecule has 0 aliphatic carbocycles. The van der Waals surface area contributed by atoms with Gasteiger partial charge in [0.25, 0.3) is 0 Å². The molecule has 1 aliphatic rings. The summed E-state index contributed by atoms with van der Waals surface area (Å²) in [5.74, 6) is 0.0527. The van der Waals surface area contributed by atoms with Gasteiger partial charge >= 0.3 is 6.09 Å². The fraction of sp³-hybridized carbons (Fsp3) is 0.706. The van der Waals surface area contributed by atoms with Crippen LogP contribution in [0.1, 0.15) is 58.2 Å². The first-order valence-electron chi connectivity index (χ1n) is 8.52. The summed E-state index contributed by atoms with van der Waals surface area (Å²) < 4.78 is 7.00. The van der Waals surface area contributed by atoms with Gasteiger partial charge in [-0.15, -0.1) is 0 Å². The van der Waals surface area contributed by atoms with E-state index in [4.69, 9.17) is 4.74 Å². The Bertz CT molecular complexity index is 577. The molecule has 1 aliphatic heterocycles. The number of ether oxygens (including phenoxy) is 1. The van der Waals surface area contributed by atoms with Crippen LogP contribution < -0.4 is 5.32 Å². The highest BCUT2D eigenvalue weighted by molar-refractivity contribution is 5.77. The highest BCUT2D eigenvalue weighted by Gasteiger charge is 2.29. The van der Waals surface area contributed by atoms with Gasteiger partial charge in [-0.25, -0.2) is 4.79 Å². The molecule has 0 saturated carbocycles. The summed E-state index contributed by atoms with van der Waals surface area (Å²) in [7, 11) is 1.90. The smallest absolute Gasteiger partial charge is 0.407 e. The standard InChI is InChI=1S/C17H28N4O3/c1-17(2,3)24-16(23)18-10-9-15(22)21-12-6-5-7-14(21)13-8-11-19-20(13)4/h8,11,14H,5-7,9-10,12H2,1-4H3,(H,18,23). The molecule has 2 rings (SSSR count). The molecule has 1 N–H and O–H groups in total. The molecule has 1 aromatic rings. The molecular formula is C17H28N4O3. The second-order valence-corrected chi connectivity index (χ2v) is 7.16. The van der Waals surface area contributed by atoms with Crippen molar-refractivity contribution in [2.45, 2.75) is 58.1 Å². The average molecular weight is 336 g/mol. The molecule has 1 atom stereocenters. The maximum atomic E-state index is 12.6. The molecule has 2 amide bonds. The molecule has 0 spiro atoms. The van der Waals surface area contributed by atoms with E-state index in [-0.39, 0.29) is 24.9 Å². The van der Waals surface area contributed by atoms with E-state index in [1.54, 1.807) is 6.20 Å². The molecule has 0 radical (unpaired) electrons. The first-order chi connectivity index (χ1) is 11.3. The van der Waals surface area contributed by atoms with Crippen LogP contribution in [0.3, 0.4) is 0 Å². The van der Waals surface area contributed by atoms with Crippen molar-refractivity contribution >= 4 is 12.0 Å². The normalized spacial score (nSPS) is 18.3. The Morgan fingerprint density at radius 3 is 2.75 bits per heavy atom. The van der Waals surface area contributed by atoms with Crippen LogP contribution in [0.2, 0.25) is 0 Å². The quantitative estimate of drug-likeness (QED) is 0.916. The summed E-state index contributed by atoms with van der Waals surface area (Å²) in [6.45, 7) is 6.46. The Balaban J connectivity index is 1.88. The zero-order valence-corrected chi connectivity index (χ0v) is 15.0. The van der Waals surface area contributed by atoms with E-state index in [2.05, 4.69) is 10.4 Å². The number of alkyl carbamates (subject to hydrolysis) is 1. The van der Waals surface area contributed by atoms with Crippen molar-refractivity contribution in [3.63, 3.8) is 0 Å². The number of nitrogens with zero attached hydrogens (tertiary/aromatic N) is 3. The molecule has 1 saturated heterocycles. The number of piperidine rings is 1. The van der Waals surface area contributed by atoms with Gasteiger partial charge < -0.3 is 15.0 Å². The predicted octanol–water partition coefficient (Wildman–Crippen LogP) is 2.39. The van der Waals surface area contributed by atoms with Crippen molar-refractivity contribution in [2.75, 3.05) is 13.1 Å². The Kier molecular flexibility index (Phi) is 5.85. The number of carbonyl (C=O) groups is 2. The highest BCUT2D eigenvalue weighted by Crippen LogP contribution is 2.30. The van der Waals surface area contributed by atoms with Gasteiger partial charge in [0, 0.05) is 32.8 Å². The summed E-state index contributed by atoms with van der Waals surface area (Å²) in [4.78, 5) is 26.1. The van der Waals surface area contributed by atoms with Gasteiger partial charge in [-0.1, -0.05) is 0 Å². The fourth-order valence-electron chi connectivity index (χ4n) is 2.98. The minimum Gasteiger partial charge on any atom is -0.444 e. The summed E-state index contributed by atoms with van der Waals surface area (Å²) >= 11 is 0. The van der Waals surface area contributed by atoms with Crippen molar-refractivity contribution in [2.24, 2.45) is 7.05 Å². The molecule has 1 aromatic heterocycles. The Hall–Kier alpha value is -2.05. The summed E-state index contributed by atoms with van der Waals surface area (Å²) in [6, 6.07) is 2.04. The lowest BCUT2D eigenvalue weighted by atomic mass is 9.98. The number of likely N-dealkylation sites (tertiary alicyclic amines) is 1. The van der Waals surface area contributed by atoms with Gasteiger partial charge in [-0.2, -0.15) is 5.10 Å². The van der Waals surface area contributed by atoms with E-state index in [1.807, 2.05) is 43.5 Å². The monoisotopic (exact) mass is 336 g/mol. The number of aromatic nitrogens is 2. The van der Waals surface area contributed by atoms with Crippen LogP contribution in [-0.4, -0.2) is 45.4 Å². The third-order valence-corrected chi connectivity index (χ3v) is 4.03. The van der Waals surface area contributed by atoms with Crippen molar-refractivity contribution < 1.29 is 14.3 Å². The van der Waals surface area contributed by atoms with Gasteiger partial charge in [-0.3, -0.25) is 9.48 Å². The molecule has 0 aromatic carbocycles. The van der Waals surface area contributed by atoms with Crippen LogP contribution in [0.4, 0.5) is 4.79 Å². The lowest BCUT2D eigenvalue weighted by Gasteiger charge is -2.36. The molecule has 24 heavy (non-hydrogen) atoms. The number of hydrogen-bond donors (Lipinski definition) is 1. The van der Waals surface area contributed by atoms with Crippen LogP contribution >= 0.6 is 0 Å². The predicted molar refractivity (Wildman–Crippen MR) is 90.4 cm³/mol. The van der Waals surface area contributed by atoms with Crippen molar-refractivity contribution in [3.8, 4) is 0 Å². The van der Waals surface area contributed by atoms with Crippen molar-refractivity contribution in [3.05, 3.63) is 18.0 Å². The zero-order valence-electron chi connectivity index (χ0n) is 15.0. The fourth-order valence-corrected chi connectivity index (χ4v) is 2.98. The number of carbonyl (C=O) groups excluding carboxylic acids is 2. The average Bonchev–Trinajstić information content (AvgIpc) is 2.91. The summed E-state index contributed by atoms with van der Waals surface area (Å²) in [5.41, 5.74) is 0.522. The largest absolute Gasteiger partial charge is 0.444 e. The van der Waals surface area contributed by atoms with Gasteiger partial charge in [-0.05, 0) is 46.1 Å². The molecule has 134 valence electrons. The number of rotatable bonds is 4. The van der Waals surface area contributed by atoms with Crippen LogP contribution in [0.15, 0.2) is 12.3 Å². The van der Waals surface area contributed by atoms with Crippen LogP contribution in [0.25, 0.3) is 0 Å². The van der Waals surface area contributed by atoms with Crippen LogP contribution in [0, 0.1) is 0 Å². The number of hydrogen-bond acceptors (Lipinski definition) is 4. The second-order valence-electron chi connectivity index (χ2n) is 7.16. The highest BCUT2D eigenvalue weighted by atomic mass is 16.6. The lowest BCUT2D eigenvalue weighted by Crippen LogP contribution is -2.41.